The number of aromatic nitrogens is 2. The molecule has 7 nitrogen and oxygen atoms in total. The van der Waals surface area contributed by atoms with Gasteiger partial charge in [0.1, 0.15) is 5.82 Å². The lowest BCUT2D eigenvalue weighted by Gasteiger charge is -2.46. The van der Waals surface area contributed by atoms with Gasteiger partial charge in [0.2, 0.25) is 17.6 Å². The first-order valence-electron chi connectivity index (χ1n) is 15.2. The van der Waals surface area contributed by atoms with Crippen molar-refractivity contribution in [3.05, 3.63) is 111 Å². The third kappa shape index (κ3) is 6.78. The number of halogens is 3. The molecule has 2 aliphatic rings. The molecule has 0 saturated carbocycles. The predicted octanol–water partition coefficient (Wildman–Crippen LogP) is 7.99. The molecule has 4 aromatic rings. The molecular formula is C35H36Cl2FN5O2. The number of rotatable bonds is 8. The number of aryl methyl sites for hydroxylation is 1. The number of allylic oxidation sites excluding steroid dienone is 1. The standard InChI is InChI=1S/C35H36Cl2FN5O2/c1-22-20-35(29-19-27(38)9-11-32(29)39-22)13-16-43(17-14-35)15-12-28(26-8-10-30(36)31(37)18-26)34(44)42(3)21-24-4-6-25(7-5-24)33-40-23(2)45-41-33/h4-11,18-19,28,39H,1,12-17,20-21H2,2-3H3. The van der Waals surface area contributed by atoms with Gasteiger partial charge in [-0.2, -0.15) is 4.98 Å². The van der Waals surface area contributed by atoms with Crippen molar-refractivity contribution < 1.29 is 13.7 Å². The average Bonchev–Trinajstić information content (AvgIpc) is 3.46. The fourth-order valence-corrected chi connectivity index (χ4v) is 7.03. The number of nitrogens with zero attached hydrogens (tertiary/aromatic N) is 4. The average molecular weight is 649 g/mol. The van der Waals surface area contributed by atoms with Crippen LogP contribution in [-0.2, 0) is 16.8 Å². The highest BCUT2D eigenvalue weighted by Crippen LogP contribution is 2.47. The fourth-order valence-electron chi connectivity index (χ4n) is 6.72. The largest absolute Gasteiger partial charge is 0.359 e. The van der Waals surface area contributed by atoms with Gasteiger partial charge in [0.15, 0.2) is 0 Å². The summed E-state index contributed by atoms with van der Waals surface area (Å²) in [6.45, 7) is 8.86. The van der Waals surface area contributed by atoms with Crippen LogP contribution in [0.3, 0.4) is 0 Å². The molecule has 0 radical (unpaired) electrons. The molecule has 3 aromatic carbocycles. The first-order chi connectivity index (χ1) is 21.6. The van der Waals surface area contributed by atoms with Crippen LogP contribution < -0.4 is 5.32 Å². The number of likely N-dealkylation sites (tertiary alicyclic amines) is 1. The first-order valence-corrected chi connectivity index (χ1v) is 15.9. The number of carbonyl (C=O) groups is 1. The summed E-state index contributed by atoms with van der Waals surface area (Å²) in [4.78, 5) is 22.5. The second kappa shape index (κ2) is 12.9. The Morgan fingerprint density at radius 3 is 2.56 bits per heavy atom. The van der Waals surface area contributed by atoms with E-state index in [2.05, 4.69) is 26.9 Å². The van der Waals surface area contributed by atoms with E-state index in [0.717, 1.165) is 72.5 Å². The number of anilines is 1. The van der Waals surface area contributed by atoms with E-state index in [1.54, 1.807) is 30.0 Å². The third-order valence-corrected chi connectivity index (χ3v) is 9.88. The molecule has 45 heavy (non-hydrogen) atoms. The lowest BCUT2D eigenvalue weighted by Crippen LogP contribution is -2.45. The molecule has 0 aliphatic carbocycles. The number of carbonyl (C=O) groups excluding carboxylic acids is 1. The zero-order chi connectivity index (χ0) is 31.7. The Balaban J connectivity index is 1.14. The van der Waals surface area contributed by atoms with Gasteiger partial charge in [-0.15, -0.1) is 0 Å². The molecule has 1 aromatic heterocycles. The maximum absolute atomic E-state index is 14.3. The van der Waals surface area contributed by atoms with E-state index in [-0.39, 0.29) is 17.1 Å². The van der Waals surface area contributed by atoms with Crippen molar-refractivity contribution in [2.24, 2.45) is 0 Å². The summed E-state index contributed by atoms with van der Waals surface area (Å²) < 4.78 is 19.4. The Kier molecular flexibility index (Phi) is 9.00. The lowest BCUT2D eigenvalue weighted by molar-refractivity contribution is -0.132. The zero-order valence-corrected chi connectivity index (χ0v) is 27.0. The number of likely N-dealkylation sites (N-methyl/N-ethyl adjacent to an activating group) is 1. The Hall–Kier alpha value is -3.72. The van der Waals surface area contributed by atoms with E-state index in [4.69, 9.17) is 27.7 Å². The smallest absolute Gasteiger partial charge is 0.230 e. The number of fused-ring (bicyclic) bond motifs is 2. The van der Waals surface area contributed by atoms with E-state index in [9.17, 15) is 9.18 Å². The Morgan fingerprint density at radius 1 is 1.11 bits per heavy atom. The van der Waals surface area contributed by atoms with E-state index in [1.165, 1.54) is 6.07 Å². The van der Waals surface area contributed by atoms with Gasteiger partial charge in [0.05, 0.1) is 16.0 Å². The maximum Gasteiger partial charge on any atom is 0.230 e. The topological polar surface area (TPSA) is 74.5 Å². The first kappa shape index (κ1) is 31.3. The van der Waals surface area contributed by atoms with Crippen molar-refractivity contribution >= 4 is 34.8 Å². The van der Waals surface area contributed by atoms with E-state index < -0.39 is 5.92 Å². The normalized spacial score (nSPS) is 16.7. The van der Waals surface area contributed by atoms with Crippen molar-refractivity contribution in [3.63, 3.8) is 0 Å². The minimum Gasteiger partial charge on any atom is -0.359 e. The Morgan fingerprint density at radius 2 is 1.87 bits per heavy atom. The van der Waals surface area contributed by atoms with Crippen LogP contribution in [0.4, 0.5) is 10.1 Å². The van der Waals surface area contributed by atoms with E-state index >= 15 is 0 Å². The van der Waals surface area contributed by atoms with Crippen molar-refractivity contribution in [1.29, 1.82) is 0 Å². The predicted molar refractivity (Wildman–Crippen MR) is 176 cm³/mol. The van der Waals surface area contributed by atoms with E-state index in [0.29, 0.717) is 34.7 Å². The number of nitrogens with one attached hydrogen (secondary N) is 1. The van der Waals surface area contributed by atoms with Gasteiger partial charge in [0, 0.05) is 42.9 Å². The second-order valence-corrected chi connectivity index (χ2v) is 13.1. The molecule has 1 fully saturated rings. The molecule has 1 unspecified atom stereocenters. The number of benzene rings is 3. The van der Waals surface area contributed by atoms with Gasteiger partial charge < -0.3 is 19.6 Å². The third-order valence-electron chi connectivity index (χ3n) is 9.14. The summed E-state index contributed by atoms with van der Waals surface area (Å²) >= 11 is 12.6. The summed E-state index contributed by atoms with van der Waals surface area (Å²) in [6.07, 6.45) is 3.22. The van der Waals surface area contributed by atoms with Gasteiger partial charge in [-0.3, -0.25) is 4.79 Å². The minimum atomic E-state index is -0.393. The van der Waals surface area contributed by atoms with E-state index in [1.807, 2.05) is 43.4 Å². The van der Waals surface area contributed by atoms with Crippen molar-refractivity contribution in [1.82, 2.24) is 19.9 Å². The van der Waals surface area contributed by atoms with Crippen LogP contribution in [0, 0.1) is 12.7 Å². The number of piperidine rings is 1. The molecule has 234 valence electrons. The van der Waals surface area contributed by atoms with Crippen LogP contribution in [0.5, 0.6) is 0 Å². The molecule has 1 saturated heterocycles. The summed E-state index contributed by atoms with van der Waals surface area (Å²) in [5.74, 6) is 0.451. The monoisotopic (exact) mass is 647 g/mol. The van der Waals surface area contributed by atoms with Gasteiger partial charge in [0.25, 0.3) is 0 Å². The SMILES string of the molecule is C=C1CC2(CCN(CCC(C(=O)N(C)Cc3ccc(-c4noc(C)n4)cc3)c3ccc(Cl)c(Cl)c3)CC2)c2cc(F)ccc2N1. The number of hydrogen-bond acceptors (Lipinski definition) is 6. The minimum absolute atomic E-state index is 0.0128. The second-order valence-electron chi connectivity index (χ2n) is 12.3. The fraction of sp³-hybridized carbons (Fsp3) is 0.343. The molecule has 2 aliphatic heterocycles. The summed E-state index contributed by atoms with van der Waals surface area (Å²) in [5, 5.41) is 8.21. The molecule has 0 bridgehead atoms. The van der Waals surface area contributed by atoms with Gasteiger partial charge >= 0.3 is 0 Å². The number of hydrogen-bond donors (Lipinski definition) is 1. The molecule has 1 spiro atoms. The summed E-state index contributed by atoms with van der Waals surface area (Å²) in [7, 11) is 1.83. The van der Waals surface area contributed by atoms with Gasteiger partial charge in [-0.1, -0.05) is 65.3 Å². The highest BCUT2D eigenvalue weighted by molar-refractivity contribution is 6.42. The molecular weight excluding hydrogens is 612 g/mol. The molecule has 10 heteroatoms. The van der Waals surface area contributed by atoms with Gasteiger partial charge in [-0.05, 0) is 92.3 Å². The van der Waals surface area contributed by atoms with Gasteiger partial charge in [-0.25, -0.2) is 4.39 Å². The molecule has 1 N–H and O–H groups in total. The Labute approximate surface area is 273 Å². The van der Waals surface area contributed by atoms with Crippen LogP contribution in [0.1, 0.15) is 54.2 Å². The Bertz CT molecular complexity index is 1720. The van der Waals surface area contributed by atoms with Crippen LogP contribution in [-0.4, -0.2) is 52.5 Å². The van der Waals surface area contributed by atoms with Crippen molar-refractivity contribution in [2.75, 3.05) is 32.0 Å². The molecule has 6 rings (SSSR count). The highest BCUT2D eigenvalue weighted by atomic mass is 35.5. The molecule has 1 amide bonds. The van der Waals surface area contributed by atoms with Crippen molar-refractivity contribution in [3.8, 4) is 11.4 Å². The van der Waals surface area contributed by atoms with Crippen molar-refractivity contribution in [2.45, 2.75) is 50.5 Å². The lowest BCUT2D eigenvalue weighted by atomic mass is 9.67. The number of amides is 1. The van der Waals surface area contributed by atoms with Crippen LogP contribution in [0.2, 0.25) is 10.0 Å². The van der Waals surface area contributed by atoms with Crippen LogP contribution >= 0.6 is 23.2 Å². The summed E-state index contributed by atoms with van der Waals surface area (Å²) in [6, 6.07) is 18.3. The van der Waals surface area contributed by atoms with Crippen LogP contribution in [0.15, 0.2) is 77.5 Å². The summed E-state index contributed by atoms with van der Waals surface area (Å²) in [5.41, 5.74) is 5.52. The molecule has 1 atom stereocenters. The molecule has 3 heterocycles. The zero-order valence-electron chi connectivity index (χ0n) is 25.5. The van der Waals surface area contributed by atoms with Crippen LogP contribution in [0.25, 0.3) is 11.4 Å². The maximum atomic E-state index is 14.3. The highest BCUT2D eigenvalue weighted by Gasteiger charge is 2.41. The quantitative estimate of drug-likeness (QED) is 0.209.